The van der Waals surface area contributed by atoms with Crippen LogP contribution in [0.2, 0.25) is 15.1 Å². The van der Waals surface area contributed by atoms with E-state index in [9.17, 15) is 4.79 Å². The van der Waals surface area contributed by atoms with Gasteiger partial charge in [-0.1, -0.05) is 34.8 Å². The Hall–Kier alpha value is -0.700. The third-order valence-corrected chi connectivity index (χ3v) is 2.87. The Kier molecular flexibility index (Phi) is 2.43. The SMILES string of the molecule is O=Cc1cc2c(Cl)c(Cl)cc(Cl)c2o1. The highest BCUT2D eigenvalue weighted by Gasteiger charge is 2.13. The number of aldehydes is 1. The number of rotatable bonds is 1. The molecule has 0 radical (unpaired) electrons. The van der Waals surface area contributed by atoms with Gasteiger partial charge in [0.25, 0.3) is 0 Å². The van der Waals surface area contributed by atoms with Crippen LogP contribution in [0.3, 0.4) is 0 Å². The summed E-state index contributed by atoms with van der Waals surface area (Å²) in [6.07, 6.45) is 0.584. The Morgan fingerprint density at radius 1 is 1.14 bits per heavy atom. The van der Waals surface area contributed by atoms with Gasteiger partial charge in [-0.15, -0.1) is 0 Å². The van der Waals surface area contributed by atoms with E-state index in [0.29, 0.717) is 32.3 Å². The Morgan fingerprint density at radius 3 is 2.50 bits per heavy atom. The molecule has 0 aliphatic heterocycles. The topological polar surface area (TPSA) is 30.2 Å². The zero-order valence-electron chi connectivity index (χ0n) is 6.68. The van der Waals surface area contributed by atoms with E-state index in [1.54, 1.807) is 0 Å². The third-order valence-electron chi connectivity index (χ3n) is 1.78. The summed E-state index contributed by atoms with van der Waals surface area (Å²) in [7, 11) is 0. The molecule has 0 bridgehead atoms. The zero-order valence-corrected chi connectivity index (χ0v) is 8.95. The molecule has 1 aromatic heterocycles. The molecule has 72 valence electrons. The largest absolute Gasteiger partial charge is 0.452 e. The summed E-state index contributed by atoms with van der Waals surface area (Å²) in [6.45, 7) is 0. The molecule has 14 heavy (non-hydrogen) atoms. The van der Waals surface area contributed by atoms with Crippen molar-refractivity contribution in [3.05, 3.63) is 33.0 Å². The van der Waals surface area contributed by atoms with E-state index < -0.39 is 0 Å². The standard InChI is InChI=1S/C9H3Cl3O2/c10-6-2-7(11)9-5(8(6)12)1-4(3-13)14-9/h1-3H. The van der Waals surface area contributed by atoms with E-state index in [4.69, 9.17) is 39.2 Å². The molecule has 1 aromatic carbocycles. The Morgan fingerprint density at radius 2 is 1.86 bits per heavy atom. The van der Waals surface area contributed by atoms with Crippen LogP contribution in [-0.2, 0) is 0 Å². The van der Waals surface area contributed by atoms with Gasteiger partial charge in [0.2, 0.25) is 0 Å². The molecule has 0 spiro atoms. The summed E-state index contributed by atoms with van der Waals surface area (Å²) in [5.41, 5.74) is 0.378. The highest BCUT2D eigenvalue weighted by atomic mass is 35.5. The number of hydrogen-bond donors (Lipinski definition) is 0. The van der Waals surface area contributed by atoms with E-state index in [-0.39, 0.29) is 5.76 Å². The molecule has 0 saturated carbocycles. The van der Waals surface area contributed by atoms with Crippen molar-refractivity contribution in [2.45, 2.75) is 0 Å². The molecule has 2 rings (SSSR count). The molecular formula is C9H3Cl3O2. The summed E-state index contributed by atoms with van der Waals surface area (Å²) >= 11 is 17.6. The second-order valence-corrected chi connectivity index (χ2v) is 3.86. The van der Waals surface area contributed by atoms with E-state index in [0.717, 1.165) is 0 Å². The molecular weight excluding hydrogens is 246 g/mol. The molecule has 1 heterocycles. The number of halogens is 3. The fraction of sp³-hybridized carbons (Fsp3) is 0. The van der Waals surface area contributed by atoms with Gasteiger partial charge in [-0.25, -0.2) is 0 Å². The minimum atomic E-state index is 0.172. The fourth-order valence-corrected chi connectivity index (χ4v) is 1.89. The number of fused-ring (bicyclic) bond motifs is 1. The number of carbonyl (C=O) groups excluding carboxylic acids is 1. The molecule has 0 atom stereocenters. The first kappa shape index (κ1) is 9.84. The van der Waals surface area contributed by atoms with E-state index in [1.165, 1.54) is 12.1 Å². The molecule has 0 aliphatic carbocycles. The van der Waals surface area contributed by atoms with Gasteiger partial charge in [0.05, 0.1) is 15.1 Å². The summed E-state index contributed by atoms with van der Waals surface area (Å²) in [6, 6.07) is 2.98. The maximum absolute atomic E-state index is 10.5. The number of benzene rings is 1. The van der Waals surface area contributed by atoms with Gasteiger partial charge in [-0.2, -0.15) is 0 Å². The highest BCUT2D eigenvalue weighted by Crippen LogP contribution is 2.37. The normalized spacial score (nSPS) is 10.8. The average molecular weight is 249 g/mol. The van der Waals surface area contributed by atoms with Gasteiger partial charge in [-0.05, 0) is 12.1 Å². The summed E-state index contributed by atoms with van der Waals surface area (Å²) in [5.74, 6) is 0.172. The van der Waals surface area contributed by atoms with Crippen LogP contribution >= 0.6 is 34.8 Å². The van der Waals surface area contributed by atoms with Gasteiger partial charge in [0.1, 0.15) is 0 Å². The first-order chi connectivity index (χ1) is 6.63. The Balaban J connectivity index is 2.90. The molecule has 2 nitrogen and oxygen atoms in total. The Labute approximate surface area is 94.3 Å². The fourth-order valence-electron chi connectivity index (χ4n) is 1.18. The zero-order chi connectivity index (χ0) is 10.3. The quantitative estimate of drug-likeness (QED) is 0.560. The maximum Gasteiger partial charge on any atom is 0.185 e. The van der Waals surface area contributed by atoms with Crippen LogP contribution in [0, 0.1) is 0 Å². The second-order valence-electron chi connectivity index (χ2n) is 2.66. The molecule has 0 saturated heterocycles. The Bertz CT molecular complexity index is 516. The predicted molar refractivity (Wildman–Crippen MR) is 56.6 cm³/mol. The number of hydrogen-bond acceptors (Lipinski definition) is 2. The van der Waals surface area contributed by atoms with Crippen molar-refractivity contribution in [1.82, 2.24) is 0 Å². The number of carbonyl (C=O) groups is 1. The lowest BCUT2D eigenvalue weighted by molar-refractivity contribution is 0.110. The summed E-state index contributed by atoms with van der Waals surface area (Å²) < 4.78 is 5.14. The van der Waals surface area contributed by atoms with Crippen molar-refractivity contribution < 1.29 is 9.21 Å². The van der Waals surface area contributed by atoms with Crippen molar-refractivity contribution >= 4 is 52.1 Å². The van der Waals surface area contributed by atoms with Crippen molar-refractivity contribution in [3.8, 4) is 0 Å². The van der Waals surface area contributed by atoms with Crippen LogP contribution in [-0.4, -0.2) is 6.29 Å². The summed E-state index contributed by atoms with van der Waals surface area (Å²) in [5, 5.41) is 1.55. The molecule has 2 aromatic rings. The van der Waals surface area contributed by atoms with Crippen LogP contribution in [0.15, 0.2) is 16.5 Å². The van der Waals surface area contributed by atoms with Crippen molar-refractivity contribution in [2.24, 2.45) is 0 Å². The van der Waals surface area contributed by atoms with Crippen molar-refractivity contribution in [2.75, 3.05) is 0 Å². The predicted octanol–water partition coefficient (Wildman–Crippen LogP) is 4.21. The molecule has 0 unspecified atom stereocenters. The monoisotopic (exact) mass is 248 g/mol. The van der Waals surface area contributed by atoms with Crippen LogP contribution < -0.4 is 0 Å². The second kappa shape index (κ2) is 3.46. The molecule has 0 fully saturated rings. The van der Waals surface area contributed by atoms with Crippen LogP contribution in [0.5, 0.6) is 0 Å². The lowest BCUT2D eigenvalue weighted by atomic mass is 10.2. The first-order valence-corrected chi connectivity index (χ1v) is 4.79. The van der Waals surface area contributed by atoms with Crippen molar-refractivity contribution in [3.63, 3.8) is 0 Å². The maximum atomic E-state index is 10.5. The van der Waals surface area contributed by atoms with E-state index >= 15 is 0 Å². The van der Waals surface area contributed by atoms with Crippen LogP contribution in [0.1, 0.15) is 10.6 Å². The first-order valence-electron chi connectivity index (χ1n) is 3.65. The average Bonchev–Trinajstić information content (AvgIpc) is 2.58. The van der Waals surface area contributed by atoms with Gasteiger partial charge < -0.3 is 4.42 Å². The highest BCUT2D eigenvalue weighted by molar-refractivity contribution is 6.47. The minimum Gasteiger partial charge on any atom is -0.452 e. The van der Waals surface area contributed by atoms with E-state index in [2.05, 4.69) is 0 Å². The van der Waals surface area contributed by atoms with Gasteiger partial charge >= 0.3 is 0 Å². The van der Waals surface area contributed by atoms with Crippen molar-refractivity contribution in [1.29, 1.82) is 0 Å². The smallest absolute Gasteiger partial charge is 0.185 e. The van der Waals surface area contributed by atoms with Gasteiger partial charge in [0, 0.05) is 5.39 Å². The third kappa shape index (κ3) is 1.40. The molecule has 0 N–H and O–H groups in total. The summed E-state index contributed by atoms with van der Waals surface area (Å²) in [4.78, 5) is 10.5. The van der Waals surface area contributed by atoms with Crippen LogP contribution in [0.4, 0.5) is 0 Å². The van der Waals surface area contributed by atoms with Gasteiger partial charge in [-0.3, -0.25) is 4.79 Å². The van der Waals surface area contributed by atoms with Crippen LogP contribution in [0.25, 0.3) is 11.0 Å². The molecule has 0 aliphatic rings. The lowest BCUT2D eigenvalue weighted by Gasteiger charge is -1.97. The minimum absolute atomic E-state index is 0.172. The number of furan rings is 1. The lowest BCUT2D eigenvalue weighted by Crippen LogP contribution is -1.72. The van der Waals surface area contributed by atoms with E-state index in [1.807, 2.05) is 0 Å². The van der Waals surface area contributed by atoms with Gasteiger partial charge in [0.15, 0.2) is 17.6 Å². The molecule has 5 heteroatoms. The molecule has 0 amide bonds.